The Balaban J connectivity index is 2.82. The molecule has 2 aromatic rings. The predicted molar refractivity (Wildman–Crippen MR) is 48.4 cm³/mol. The molecule has 1 aromatic heterocycles. The molecule has 1 nitrogen and oxygen atoms in total. The smallest absolute Gasteiger partial charge is 0.0962 e. The van der Waals surface area contributed by atoms with E-state index in [2.05, 4.69) is 46.4 Å². The van der Waals surface area contributed by atoms with E-state index in [4.69, 9.17) is 0 Å². The second-order valence-corrected chi connectivity index (χ2v) is 3.31. The van der Waals surface area contributed by atoms with Crippen molar-refractivity contribution in [3.05, 3.63) is 29.8 Å². The lowest BCUT2D eigenvalue weighted by molar-refractivity contribution is 1.48. The molecule has 0 fully saturated rings. The molecule has 0 amide bonds. The standard InChI is InChI=1S/C9H8NSi/c1-6-2-3-8-7(4-6)5-9(11)10-8/h2-5,10H,1H3. The largest absolute Gasteiger partial charge is 0.363 e. The van der Waals surface area contributed by atoms with E-state index in [1.54, 1.807) is 0 Å². The molecule has 53 valence electrons. The minimum Gasteiger partial charge on any atom is -0.363 e. The minimum absolute atomic E-state index is 1.03. The number of nitrogens with one attached hydrogen (secondary N) is 1. The fourth-order valence-electron chi connectivity index (χ4n) is 1.25. The van der Waals surface area contributed by atoms with Gasteiger partial charge in [0.1, 0.15) is 0 Å². The summed E-state index contributed by atoms with van der Waals surface area (Å²) in [6.45, 7) is 2.10. The summed E-state index contributed by atoms with van der Waals surface area (Å²) < 4.78 is 0. The molecule has 0 aliphatic rings. The van der Waals surface area contributed by atoms with Crippen molar-refractivity contribution in [1.29, 1.82) is 0 Å². The van der Waals surface area contributed by atoms with Gasteiger partial charge in [0.2, 0.25) is 0 Å². The van der Waals surface area contributed by atoms with Crippen molar-refractivity contribution < 1.29 is 0 Å². The Hall–Kier alpha value is -1.02. The monoisotopic (exact) mass is 158 g/mol. The van der Waals surface area contributed by atoms with Gasteiger partial charge < -0.3 is 4.98 Å². The molecular formula is C9H8NSi. The predicted octanol–water partition coefficient (Wildman–Crippen LogP) is 1.27. The third-order valence-corrected chi connectivity index (χ3v) is 2.05. The topological polar surface area (TPSA) is 15.8 Å². The summed E-state index contributed by atoms with van der Waals surface area (Å²) in [5.74, 6) is 0. The van der Waals surface area contributed by atoms with Crippen LogP contribution in [0.15, 0.2) is 24.3 Å². The lowest BCUT2D eigenvalue weighted by Gasteiger charge is -1.90. The molecule has 2 heteroatoms. The van der Waals surface area contributed by atoms with Crippen molar-refractivity contribution in [2.24, 2.45) is 0 Å². The number of fused-ring (bicyclic) bond motifs is 1. The maximum atomic E-state index is 3.44. The molecule has 1 aromatic carbocycles. The van der Waals surface area contributed by atoms with Gasteiger partial charge in [0.05, 0.1) is 10.2 Å². The van der Waals surface area contributed by atoms with Crippen LogP contribution in [0, 0.1) is 6.92 Å². The SMILES string of the molecule is Cc1ccc2[nH]c([Si])cc2c1. The second-order valence-electron chi connectivity index (χ2n) is 2.77. The normalized spacial score (nSPS) is 10.7. The zero-order valence-corrected chi connectivity index (χ0v) is 7.31. The molecule has 0 aliphatic heterocycles. The van der Waals surface area contributed by atoms with Crippen LogP contribution in [-0.4, -0.2) is 15.2 Å². The molecule has 1 heterocycles. The molecule has 3 radical (unpaired) electrons. The molecule has 0 atom stereocenters. The first-order valence-electron chi connectivity index (χ1n) is 3.57. The number of hydrogen-bond acceptors (Lipinski definition) is 0. The summed E-state index contributed by atoms with van der Waals surface area (Å²) in [4.78, 5) is 3.20. The van der Waals surface area contributed by atoms with E-state index < -0.39 is 0 Å². The molecule has 2 rings (SSSR count). The summed E-state index contributed by atoms with van der Waals surface area (Å²) in [6.07, 6.45) is 0. The van der Waals surface area contributed by atoms with Gasteiger partial charge in [-0.05, 0) is 35.8 Å². The highest BCUT2D eigenvalue weighted by molar-refractivity contribution is 6.32. The quantitative estimate of drug-likeness (QED) is 0.556. The average Bonchev–Trinajstić information content (AvgIpc) is 2.27. The van der Waals surface area contributed by atoms with Crippen molar-refractivity contribution >= 4 is 26.5 Å². The second kappa shape index (κ2) is 2.24. The van der Waals surface area contributed by atoms with Crippen LogP contribution >= 0.6 is 0 Å². The summed E-state index contributed by atoms with van der Waals surface area (Å²) in [7, 11) is 3.44. The van der Waals surface area contributed by atoms with Crippen molar-refractivity contribution in [3.63, 3.8) is 0 Å². The van der Waals surface area contributed by atoms with Gasteiger partial charge in [-0.1, -0.05) is 11.6 Å². The highest BCUT2D eigenvalue weighted by Gasteiger charge is 1.95. The summed E-state index contributed by atoms with van der Waals surface area (Å²) >= 11 is 0. The lowest BCUT2D eigenvalue weighted by atomic mass is 10.2. The average molecular weight is 158 g/mol. The summed E-state index contributed by atoms with van der Waals surface area (Å²) in [5.41, 5.74) is 2.48. The molecule has 0 saturated heterocycles. The van der Waals surface area contributed by atoms with Crippen LogP contribution in [0.2, 0.25) is 0 Å². The van der Waals surface area contributed by atoms with Gasteiger partial charge in [-0.2, -0.15) is 0 Å². The number of rotatable bonds is 0. The van der Waals surface area contributed by atoms with Crippen LogP contribution < -0.4 is 5.32 Å². The van der Waals surface area contributed by atoms with Crippen LogP contribution in [0.25, 0.3) is 10.9 Å². The van der Waals surface area contributed by atoms with Gasteiger partial charge in [-0.25, -0.2) is 0 Å². The number of H-pyrrole nitrogens is 1. The molecule has 0 saturated carbocycles. The zero-order chi connectivity index (χ0) is 7.84. The first-order valence-corrected chi connectivity index (χ1v) is 4.07. The number of benzene rings is 1. The first-order chi connectivity index (χ1) is 5.25. The van der Waals surface area contributed by atoms with E-state index >= 15 is 0 Å². The van der Waals surface area contributed by atoms with Crippen LogP contribution in [0.1, 0.15) is 5.56 Å². The highest BCUT2D eigenvalue weighted by Crippen LogP contribution is 2.11. The van der Waals surface area contributed by atoms with Gasteiger partial charge in [-0.15, -0.1) is 0 Å². The van der Waals surface area contributed by atoms with Gasteiger partial charge in [0.15, 0.2) is 0 Å². The number of aryl methyl sites for hydroxylation is 1. The Morgan fingerprint density at radius 1 is 1.27 bits per heavy atom. The van der Waals surface area contributed by atoms with E-state index in [1.165, 1.54) is 16.5 Å². The van der Waals surface area contributed by atoms with E-state index in [1.807, 2.05) is 0 Å². The zero-order valence-electron chi connectivity index (χ0n) is 6.31. The van der Waals surface area contributed by atoms with Crippen LogP contribution in [-0.2, 0) is 0 Å². The van der Waals surface area contributed by atoms with Gasteiger partial charge >= 0.3 is 0 Å². The van der Waals surface area contributed by atoms with E-state index in [0.29, 0.717) is 0 Å². The molecule has 0 unspecified atom stereocenters. The Morgan fingerprint density at radius 2 is 2.09 bits per heavy atom. The van der Waals surface area contributed by atoms with Crippen LogP contribution in [0.5, 0.6) is 0 Å². The van der Waals surface area contributed by atoms with Crippen molar-refractivity contribution in [1.82, 2.24) is 4.98 Å². The number of hydrogen-bond donors (Lipinski definition) is 1. The molecular weight excluding hydrogens is 150 g/mol. The highest BCUT2D eigenvalue weighted by atomic mass is 28.1. The van der Waals surface area contributed by atoms with Gasteiger partial charge in [0.25, 0.3) is 0 Å². The Kier molecular flexibility index (Phi) is 1.36. The number of aromatic amines is 1. The van der Waals surface area contributed by atoms with Crippen molar-refractivity contribution in [2.75, 3.05) is 0 Å². The van der Waals surface area contributed by atoms with E-state index in [0.717, 1.165) is 5.32 Å². The Labute approximate surface area is 68.9 Å². The fourth-order valence-corrected chi connectivity index (χ4v) is 1.54. The third-order valence-electron chi connectivity index (χ3n) is 1.78. The third kappa shape index (κ3) is 1.09. The van der Waals surface area contributed by atoms with Crippen molar-refractivity contribution in [3.8, 4) is 0 Å². The Morgan fingerprint density at radius 3 is 2.91 bits per heavy atom. The van der Waals surface area contributed by atoms with E-state index in [9.17, 15) is 0 Å². The lowest BCUT2D eigenvalue weighted by Crippen LogP contribution is -1.99. The van der Waals surface area contributed by atoms with Crippen LogP contribution in [0.3, 0.4) is 0 Å². The first kappa shape index (κ1) is 6.67. The number of aromatic nitrogens is 1. The summed E-state index contributed by atoms with van der Waals surface area (Å²) in [5, 5.41) is 2.29. The maximum absolute atomic E-state index is 3.44. The van der Waals surface area contributed by atoms with E-state index in [-0.39, 0.29) is 0 Å². The maximum Gasteiger partial charge on any atom is 0.0962 e. The summed E-state index contributed by atoms with van der Waals surface area (Å²) in [6, 6.07) is 8.44. The minimum atomic E-state index is 1.03. The van der Waals surface area contributed by atoms with Gasteiger partial charge in [0, 0.05) is 5.52 Å². The molecule has 1 N–H and O–H groups in total. The molecule has 0 spiro atoms. The fraction of sp³-hybridized carbons (Fsp3) is 0.111. The van der Waals surface area contributed by atoms with Gasteiger partial charge in [-0.3, -0.25) is 0 Å². The Bertz CT molecular complexity index is 389. The molecule has 0 aliphatic carbocycles. The molecule has 0 bridgehead atoms. The van der Waals surface area contributed by atoms with Crippen molar-refractivity contribution in [2.45, 2.75) is 6.92 Å². The molecule has 11 heavy (non-hydrogen) atoms. The van der Waals surface area contributed by atoms with Crippen LogP contribution in [0.4, 0.5) is 0 Å².